The van der Waals surface area contributed by atoms with Crippen LogP contribution in [0.5, 0.6) is 5.75 Å². The Morgan fingerprint density at radius 2 is 1.83 bits per heavy atom. The number of para-hydroxylation sites is 1. The molecule has 2 aromatic rings. The lowest BCUT2D eigenvalue weighted by Crippen LogP contribution is -2.42. The Labute approximate surface area is 172 Å². The Morgan fingerprint density at radius 1 is 1.10 bits per heavy atom. The Kier molecular flexibility index (Phi) is 6.34. The van der Waals surface area contributed by atoms with Crippen LogP contribution >= 0.6 is 0 Å². The Bertz CT molecular complexity index is 943. The molecule has 2 aromatic carbocycles. The third-order valence-corrected chi connectivity index (χ3v) is 5.24. The summed E-state index contributed by atoms with van der Waals surface area (Å²) in [6, 6.07) is 9.37. The van der Waals surface area contributed by atoms with Crippen molar-refractivity contribution in [2.75, 3.05) is 19.0 Å². The first-order valence-electron chi connectivity index (χ1n) is 9.69. The van der Waals surface area contributed by atoms with Gasteiger partial charge in [0.25, 0.3) is 11.8 Å². The van der Waals surface area contributed by atoms with Crippen molar-refractivity contribution < 1.29 is 27.5 Å². The second-order valence-corrected chi connectivity index (χ2v) is 7.26. The van der Waals surface area contributed by atoms with E-state index in [0.717, 1.165) is 37.5 Å². The molecule has 0 spiro atoms. The van der Waals surface area contributed by atoms with Gasteiger partial charge in [-0.1, -0.05) is 12.1 Å². The van der Waals surface area contributed by atoms with Gasteiger partial charge in [0, 0.05) is 12.6 Å². The predicted molar refractivity (Wildman–Crippen MR) is 107 cm³/mol. The molecule has 1 aliphatic rings. The van der Waals surface area contributed by atoms with Crippen molar-refractivity contribution in [1.29, 1.82) is 0 Å². The maximum Gasteiger partial charge on any atom is 0.416 e. The number of amides is 2. The van der Waals surface area contributed by atoms with Crippen LogP contribution in [-0.4, -0.2) is 36.4 Å². The highest BCUT2D eigenvalue weighted by Gasteiger charge is 2.32. The summed E-state index contributed by atoms with van der Waals surface area (Å²) >= 11 is 0. The van der Waals surface area contributed by atoms with Gasteiger partial charge in [-0.2, -0.15) is 13.2 Å². The zero-order chi connectivity index (χ0) is 21.9. The average molecular weight is 420 g/mol. The zero-order valence-electron chi connectivity index (χ0n) is 16.8. The van der Waals surface area contributed by atoms with E-state index in [0.29, 0.717) is 17.8 Å². The highest BCUT2D eigenvalue weighted by molar-refractivity contribution is 6.10. The smallest absolute Gasteiger partial charge is 0.416 e. The summed E-state index contributed by atoms with van der Waals surface area (Å²) in [4.78, 5) is 27.6. The van der Waals surface area contributed by atoms with E-state index < -0.39 is 17.6 Å². The fourth-order valence-corrected chi connectivity index (χ4v) is 3.58. The molecule has 8 heteroatoms. The monoisotopic (exact) mass is 420 g/mol. The molecule has 0 aliphatic carbocycles. The van der Waals surface area contributed by atoms with Gasteiger partial charge in [-0.05, 0) is 56.5 Å². The van der Waals surface area contributed by atoms with Crippen molar-refractivity contribution in [2.45, 2.75) is 38.4 Å². The number of nitrogens with zero attached hydrogens (tertiary/aromatic N) is 1. The van der Waals surface area contributed by atoms with Crippen molar-refractivity contribution in [3.05, 3.63) is 59.2 Å². The molecule has 1 fully saturated rings. The van der Waals surface area contributed by atoms with Crippen LogP contribution in [0, 0.1) is 0 Å². The molecule has 1 aliphatic heterocycles. The highest BCUT2D eigenvalue weighted by Crippen LogP contribution is 2.33. The summed E-state index contributed by atoms with van der Waals surface area (Å²) in [5, 5.41) is 2.65. The van der Waals surface area contributed by atoms with E-state index in [9.17, 15) is 22.8 Å². The number of hydrogen-bond donors (Lipinski definition) is 1. The molecular formula is C22H23F3N2O3. The normalized spacial score (nSPS) is 16.8. The standard InChI is InChI=1S/C22H23F3N2O3/c1-14-7-5-6-12-27(14)21(29)16-8-3-4-9-18(16)26-20(28)17-11-10-15(22(23,24)25)13-19(17)30-2/h3-4,8-11,13-14H,5-7,12H2,1-2H3,(H,26,28)/t14-/m1/s1. The van der Waals surface area contributed by atoms with Crippen molar-refractivity contribution in [1.82, 2.24) is 4.90 Å². The molecular weight excluding hydrogens is 397 g/mol. The predicted octanol–water partition coefficient (Wildman–Crippen LogP) is 4.98. The van der Waals surface area contributed by atoms with Gasteiger partial charge in [0.2, 0.25) is 0 Å². The van der Waals surface area contributed by atoms with Crippen LogP contribution in [0.3, 0.4) is 0 Å². The minimum Gasteiger partial charge on any atom is -0.496 e. The first kappa shape index (κ1) is 21.7. The van der Waals surface area contributed by atoms with Crippen molar-refractivity contribution in [3.63, 3.8) is 0 Å². The molecule has 0 bridgehead atoms. The van der Waals surface area contributed by atoms with Gasteiger partial charge < -0.3 is 15.0 Å². The molecule has 1 N–H and O–H groups in total. The van der Waals surface area contributed by atoms with Crippen LogP contribution in [0.25, 0.3) is 0 Å². The molecule has 1 heterocycles. The second kappa shape index (κ2) is 8.77. The van der Waals surface area contributed by atoms with Gasteiger partial charge in [0.1, 0.15) is 5.75 Å². The van der Waals surface area contributed by atoms with E-state index in [2.05, 4.69) is 5.32 Å². The maximum absolute atomic E-state index is 13.1. The maximum atomic E-state index is 13.1. The van der Waals surface area contributed by atoms with Crippen LogP contribution in [-0.2, 0) is 6.18 Å². The average Bonchev–Trinajstić information content (AvgIpc) is 2.73. The number of hydrogen-bond acceptors (Lipinski definition) is 3. The number of piperidine rings is 1. The first-order valence-corrected chi connectivity index (χ1v) is 9.69. The number of nitrogens with one attached hydrogen (secondary N) is 1. The summed E-state index contributed by atoms with van der Waals surface area (Å²) in [5.74, 6) is -1.04. The van der Waals surface area contributed by atoms with Gasteiger partial charge in [-0.15, -0.1) is 0 Å². The van der Waals surface area contributed by atoms with Gasteiger partial charge in [0.15, 0.2) is 0 Å². The number of carbonyl (C=O) groups is 2. The van der Waals surface area contributed by atoms with E-state index in [-0.39, 0.29) is 23.3 Å². The number of carbonyl (C=O) groups excluding carboxylic acids is 2. The lowest BCUT2D eigenvalue weighted by molar-refractivity contribution is -0.137. The van der Waals surface area contributed by atoms with E-state index in [1.54, 1.807) is 29.2 Å². The van der Waals surface area contributed by atoms with Crippen LogP contribution < -0.4 is 10.1 Å². The fraction of sp³-hybridized carbons (Fsp3) is 0.364. The van der Waals surface area contributed by atoms with Gasteiger partial charge in [-0.3, -0.25) is 9.59 Å². The molecule has 0 saturated carbocycles. The topological polar surface area (TPSA) is 58.6 Å². The number of methoxy groups -OCH3 is 1. The summed E-state index contributed by atoms with van der Waals surface area (Å²) < 4.78 is 43.8. The third kappa shape index (κ3) is 4.58. The summed E-state index contributed by atoms with van der Waals surface area (Å²) in [6.07, 6.45) is -1.64. The summed E-state index contributed by atoms with van der Waals surface area (Å²) in [7, 11) is 1.20. The first-order chi connectivity index (χ1) is 14.2. The number of ether oxygens (including phenoxy) is 1. The molecule has 30 heavy (non-hydrogen) atoms. The molecule has 0 unspecified atom stereocenters. The number of halogens is 3. The number of likely N-dealkylation sites (tertiary alicyclic amines) is 1. The fourth-order valence-electron chi connectivity index (χ4n) is 3.58. The van der Waals surface area contributed by atoms with E-state index >= 15 is 0 Å². The van der Waals surface area contributed by atoms with Crippen molar-refractivity contribution in [3.8, 4) is 5.75 Å². The Balaban J connectivity index is 1.87. The number of benzene rings is 2. The highest BCUT2D eigenvalue weighted by atomic mass is 19.4. The lowest BCUT2D eigenvalue weighted by Gasteiger charge is -2.34. The molecule has 5 nitrogen and oxygen atoms in total. The number of alkyl halides is 3. The number of rotatable bonds is 4. The summed E-state index contributed by atoms with van der Waals surface area (Å²) in [6.45, 7) is 2.64. The Hall–Kier alpha value is -3.03. The summed E-state index contributed by atoms with van der Waals surface area (Å²) in [5.41, 5.74) is -0.331. The van der Waals surface area contributed by atoms with Crippen LogP contribution in [0.15, 0.2) is 42.5 Å². The molecule has 160 valence electrons. The van der Waals surface area contributed by atoms with Gasteiger partial charge >= 0.3 is 6.18 Å². The van der Waals surface area contributed by atoms with Crippen molar-refractivity contribution in [2.24, 2.45) is 0 Å². The second-order valence-electron chi connectivity index (χ2n) is 7.26. The largest absolute Gasteiger partial charge is 0.496 e. The molecule has 0 aromatic heterocycles. The SMILES string of the molecule is COc1cc(C(F)(F)F)ccc1C(=O)Nc1ccccc1C(=O)N1CCCC[C@H]1C. The molecule has 1 saturated heterocycles. The third-order valence-electron chi connectivity index (χ3n) is 5.24. The van der Waals surface area contributed by atoms with Crippen LogP contribution in [0.1, 0.15) is 52.5 Å². The van der Waals surface area contributed by atoms with E-state index in [1.807, 2.05) is 6.92 Å². The lowest BCUT2D eigenvalue weighted by atomic mass is 10.0. The minimum atomic E-state index is -4.55. The quantitative estimate of drug-likeness (QED) is 0.759. The van der Waals surface area contributed by atoms with Crippen LogP contribution in [0.2, 0.25) is 0 Å². The van der Waals surface area contributed by atoms with E-state index in [4.69, 9.17) is 4.74 Å². The Morgan fingerprint density at radius 3 is 2.50 bits per heavy atom. The van der Waals surface area contributed by atoms with Crippen LogP contribution in [0.4, 0.5) is 18.9 Å². The minimum absolute atomic E-state index is 0.0564. The zero-order valence-corrected chi connectivity index (χ0v) is 16.8. The number of anilines is 1. The van der Waals surface area contributed by atoms with Gasteiger partial charge in [-0.25, -0.2) is 0 Å². The van der Waals surface area contributed by atoms with E-state index in [1.165, 1.54) is 7.11 Å². The molecule has 2 amide bonds. The van der Waals surface area contributed by atoms with Crippen molar-refractivity contribution >= 4 is 17.5 Å². The van der Waals surface area contributed by atoms with Gasteiger partial charge in [0.05, 0.1) is 29.5 Å². The molecule has 3 rings (SSSR count). The molecule has 0 radical (unpaired) electrons. The molecule has 1 atom stereocenters.